The van der Waals surface area contributed by atoms with Crippen LogP contribution in [-0.4, -0.2) is 87.5 Å². The number of ether oxygens (including phenoxy) is 1. The second kappa shape index (κ2) is 10.0. The Kier molecular flexibility index (Phi) is 6.54. The summed E-state index contributed by atoms with van der Waals surface area (Å²) in [5.74, 6) is -1.10. The van der Waals surface area contributed by atoms with E-state index in [9.17, 15) is 18.7 Å². The van der Waals surface area contributed by atoms with E-state index in [2.05, 4.69) is 9.88 Å². The van der Waals surface area contributed by atoms with E-state index in [-0.39, 0.29) is 52.1 Å². The normalized spacial score (nSPS) is 27.2. The van der Waals surface area contributed by atoms with Gasteiger partial charge in [0.15, 0.2) is 5.82 Å². The molecule has 9 nitrogen and oxygen atoms in total. The van der Waals surface area contributed by atoms with E-state index in [4.69, 9.17) is 27.1 Å². The van der Waals surface area contributed by atoms with Crippen molar-refractivity contribution in [1.82, 2.24) is 19.8 Å². The number of fused-ring (bicyclic) bond motifs is 4. The number of hydrogen-bond acceptors (Lipinski definition) is 7. The molecule has 0 unspecified atom stereocenters. The summed E-state index contributed by atoms with van der Waals surface area (Å²) in [5, 5.41) is 9.86. The number of carbonyl (C=O) groups is 1. The molecule has 4 saturated heterocycles. The number of piperazine rings is 1. The molecule has 5 heterocycles. The molecule has 42 heavy (non-hydrogen) atoms. The first-order valence-corrected chi connectivity index (χ1v) is 14.5. The molecule has 2 bridgehead atoms. The third-order valence-corrected chi connectivity index (χ3v) is 9.72. The minimum Gasteiger partial charge on any atom is -0.465 e. The van der Waals surface area contributed by atoms with Gasteiger partial charge in [0.1, 0.15) is 29.9 Å². The molecule has 4 fully saturated rings. The Labute approximate surface area is 245 Å². The van der Waals surface area contributed by atoms with Gasteiger partial charge in [-0.15, -0.1) is 0 Å². The number of nitrogens with two attached hydrogens (primary N) is 1. The van der Waals surface area contributed by atoms with Gasteiger partial charge in [0.25, 0.3) is 0 Å². The number of hydrogen-bond donors (Lipinski definition) is 2. The van der Waals surface area contributed by atoms with Gasteiger partial charge in [-0.05, 0) is 50.4 Å². The lowest BCUT2D eigenvalue weighted by Gasteiger charge is -2.40. The van der Waals surface area contributed by atoms with Crippen molar-refractivity contribution >= 4 is 40.1 Å². The second-order valence-corrected chi connectivity index (χ2v) is 12.2. The Morgan fingerprint density at radius 3 is 2.64 bits per heavy atom. The smallest absolute Gasteiger partial charge is 0.407 e. The maximum absolute atomic E-state index is 16.3. The number of anilines is 2. The summed E-state index contributed by atoms with van der Waals surface area (Å²) in [6, 6.07) is 5.10. The Bertz CT molecular complexity index is 1580. The van der Waals surface area contributed by atoms with Crippen molar-refractivity contribution in [2.75, 3.05) is 43.4 Å². The van der Waals surface area contributed by atoms with Crippen LogP contribution in [-0.2, 0) is 0 Å². The number of alkyl halides is 1. The van der Waals surface area contributed by atoms with E-state index >= 15 is 4.39 Å². The van der Waals surface area contributed by atoms with Gasteiger partial charge in [-0.3, -0.25) is 9.80 Å². The van der Waals surface area contributed by atoms with Crippen LogP contribution in [0.25, 0.3) is 22.0 Å². The highest BCUT2D eigenvalue weighted by Crippen LogP contribution is 2.42. The number of nitrogens with zero attached hydrogens (tertiary/aromatic N) is 5. The predicted molar refractivity (Wildman–Crippen MR) is 152 cm³/mol. The quantitative estimate of drug-likeness (QED) is 0.389. The first kappa shape index (κ1) is 27.3. The van der Waals surface area contributed by atoms with Crippen molar-refractivity contribution < 1.29 is 27.8 Å². The molecule has 7 rings (SSSR count). The number of halogens is 4. The number of amides is 1. The Balaban J connectivity index is 1.31. The van der Waals surface area contributed by atoms with E-state index in [0.717, 1.165) is 38.3 Å². The molecule has 0 spiro atoms. The first-order valence-electron chi connectivity index (χ1n) is 14.2. The van der Waals surface area contributed by atoms with Gasteiger partial charge >= 0.3 is 12.1 Å². The Hall–Kier alpha value is -3.51. The topological polar surface area (TPSA) is 108 Å². The van der Waals surface area contributed by atoms with Gasteiger partial charge < -0.3 is 20.5 Å². The standard InChI is InChI=1S/C29H30ClF3N6O3/c30-23-21(8-16(34)9-22(23)32)19-4-5-20-25(24(19)33)35-27(42-14-29-6-1-7-38(29)11-15(31)10-29)36-26(20)37-12-17-2-3-18(13-37)39(17)28(40)41/h4-5,8-9,15,17-18H,1-3,6-7,10-14,34H2,(H,40,41)/t15-,17-,18+,29+/m1/s1. The van der Waals surface area contributed by atoms with Crippen molar-refractivity contribution in [1.29, 1.82) is 0 Å². The molecule has 4 atom stereocenters. The maximum Gasteiger partial charge on any atom is 0.407 e. The van der Waals surface area contributed by atoms with Gasteiger partial charge in [-0.25, -0.2) is 18.0 Å². The van der Waals surface area contributed by atoms with Crippen LogP contribution in [0.2, 0.25) is 5.02 Å². The molecule has 1 amide bonds. The summed E-state index contributed by atoms with van der Waals surface area (Å²) in [6.45, 7) is 2.07. The van der Waals surface area contributed by atoms with Crippen LogP contribution in [0, 0.1) is 11.6 Å². The third-order valence-electron chi connectivity index (χ3n) is 9.34. The van der Waals surface area contributed by atoms with E-state index in [0.29, 0.717) is 37.3 Å². The summed E-state index contributed by atoms with van der Waals surface area (Å²) >= 11 is 6.22. The van der Waals surface area contributed by atoms with Crippen LogP contribution >= 0.6 is 11.6 Å². The monoisotopic (exact) mass is 602 g/mol. The molecule has 13 heteroatoms. The highest BCUT2D eigenvalue weighted by Gasteiger charge is 2.49. The highest BCUT2D eigenvalue weighted by atomic mass is 35.5. The molecule has 4 aliphatic rings. The number of nitrogen functional groups attached to an aromatic ring is 1. The van der Waals surface area contributed by atoms with Crippen LogP contribution in [0.15, 0.2) is 24.3 Å². The molecule has 0 saturated carbocycles. The highest BCUT2D eigenvalue weighted by molar-refractivity contribution is 6.33. The van der Waals surface area contributed by atoms with Gasteiger partial charge in [0.05, 0.1) is 22.6 Å². The largest absolute Gasteiger partial charge is 0.465 e. The lowest BCUT2D eigenvalue weighted by molar-refractivity contribution is 0.107. The van der Waals surface area contributed by atoms with Crippen LogP contribution in [0.3, 0.4) is 0 Å². The zero-order valence-corrected chi connectivity index (χ0v) is 23.5. The predicted octanol–water partition coefficient (Wildman–Crippen LogP) is 5.10. The fourth-order valence-corrected chi connectivity index (χ4v) is 7.69. The molecule has 0 radical (unpaired) electrons. The lowest BCUT2D eigenvalue weighted by atomic mass is 9.95. The lowest BCUT2D eigenvalue weighted by Crippen LogP contribution is -2.55. The van der Waals surface area contributed by atoms with E-state index in [1.165, 1.54) is 17.0 Å². The van der Waals surface area contributed by atoms with Gasteiger partial charge in [-0.1, -0.05) is 17.7 Å². The van der Waals surface area contributed by atoms with Crippen LogP contribution in [0.1, 0.15) is 32.1 Å². The third kappa shape index (κ3) is 4.38. The van der Waals surface area contributed by atoms with Gasteiger partial charge in [-0.2, -0.15) is 9.97 Å². The van der Waals surface area contributed by atoms with Crippen LogP contribution in [0.5, 0.6) is 6.01 Å². The van der Waals surface area contributed by atoms with Crippen molar-refractivity contribution in [2.45, 2.75) is 55.9 Å². The minimum atomic E-state index is -0.955. The summed E-state index contributed by atoms with van der Waals surface area (Å²) < 4.78 is 51.3. The molecular weight excluding hydrogens is 573 g/mol. The van der Waals surface area contributed by atoms with Crippen molar-refractivity contribution in [3.63, 3.8) is 0 Å². The molecule has 222 valence electrons. The first-order chi connectivity index (χ1) is 20.1. The second-order valence-electron chi connectivity index (χ2n) is 11.9. The molecule has 0 aliphatic carbocycles. The molecular formula is C29H30ClF3N6O3. The zero-order chi connectivity index (χ0) is 29.3. The average Bonchev–Trinajstić information content (AvgIpc) is 3.57. The van der Waals surface area contributed by atoms with Gasteiger partial charge in [0, 0.05) is 48.3 Å². The van der Waals surface area contributed by atoms with E-state index in [1.807, 2.05) is 4.90 Å². The average molecular weight is 603 g/mol. The summed E-state index contributed by atoms with van der Waals surface area (Å²) in [5.41, 5.74) is 5.53. The number of aromatic nitrogens is 2. The number of carboxylic acid groups (broad SMARTS) is 1. The van der Waals surface area contributed by atoms with Crippen LogP contribution in [0.4, 0.5) is 29.5 Å². The van der Waals surface area contributed by atoms with Crippen molar-refractivity contribution in [3.8, 4) is 17.1 Å². The summed E-state index contributed by atoms with van der Waals surface area (Å²) in [6.07, 6.45) is 1.63. The summed E-state index contributed by atoms with van der Waals surface area (Å²) in [7, 11) is 0. The van der Waals surface area contributed by atoms with Crippen molar-refractivity contribution in [3.05, 3.63) is 40.9 Å². The summed E-state index contributed by atoms with van der Waals surface area (Å²) in [4.78, 5) is 26.6. The molecule has 1 aromatic heterocycles. The molecule has 3 aromatic rings. The molecule has 4 aliphatic heterocycles. The Morgan fingerprint density at radius 2 is 1.90 bits per heavy atom. The fraction of sp³-hybridized carbons (Fsp3) is 0.483. The molecule has 2 aromatic carbocycles. The zero-order valence-electron chi connectivity index (χ0n) is 22.7. The maximum atomic E-state index is 16.3. The van der Waals surface area contributed by atoms with Gasteiger partial charge in [0.2, 0.25) is 0 Å². The van der Waals surface area contributed by atoms with Crippen LogP contribution < -0.4 is 15.4 Å². The molecule has 3 N–H and O–H groups in total. The van der Waals surface area contributed by atoms with Crippen molar-refractivity contribution in [2.24, 2.45) is 0 Å². The van der Waals surface area contributed by atoms with E-state index in [1.54, 1.807) is 6.07 Å². The number of benzene rings is 2. The fourth-order valence-electron chi connectivity index (χ4n) is 7.48. The minimum absolute atomic E-state index is 0.0155. The Morgan fingerprint density at radius 1 is 1.14 bits per heavy atom. The van der Waals surface area contributed by atoms with E-state index < -0.39 is 29.4 Å². The number of rotatable bonds is 5. The SMILES string of the molecule is Nc1cc(F)c(Cl)c(-c2ccc3c(N4C[C@H]5CC[C@@H](C4)N5C(=O)O)nc(OC[C@@]45CCCN4C[C@H](F)C5)nc3c2F)c1.